The molecular formula is C18H30ClN7O. The Labute approximate surface area is 166 Å². The third-order valence-electron chi connectivity index (χ3n) is 5.29. The summed E-state index contributed by atoms with van der Waals surface area (Å²) in [5.74, 6) is 1.46. The third-order valence-corrected chi connectivity index (χ3v) is 5.29. The van der Waals surface area contributed by atoms with Gasteiger partial charge in [0.2, 0.25) is 5.95 Å². The van der Waals surface area contributed by atoms with Gasteiger partial charge in [-0.1, -0.05) is 13.8 Å². The fourth-order valence-electron chi connectivity index (χ4n) is 3.58. The van der Waals surface area contributed by atoms with E-state index in [1.54, 1.807) is 10.9 Å². The fourth-order valence-corrected chi connectivity index (χ4v) is 3.58. The van der Waals surface area contributed by atoms with E-state index in [-0.39, 0.29) is 18.3 Å². The highest BCUT2D eigenvalue weighted by Crippen LogP contribution is 2.24. The number of hydrogen-bond acceptors (Lipinski definition) is 5. The molecule has 0 unspecified atom stereocenters. The van der Waals surface area contributed by atoms with Crippen LogP contribution >= 0.6 is 12.4 Å². The Morgan fingerprint density at radius 1 is 1.33 bits per heavy atom. The minimum absolute atomic E-state index is 0. The van der Waals surface area contributed by atoms with Gasteiger partial charge in [0.15, 0.2) is 5.82 Å². The van der Waals surface area contributed by atoms with E-state index in [0.717, 1.165) is 50.3 Å². The molecule has 2 aromatic heterocycles. The van der Waals surface area contributed by atoms with Gasteiger partial charge in [-0.2, -0.15) is 15.2 Å². The van der Waals surface area contributed by atoms with E-state index in [0.29, 0.717) is 23.5 Å². The predicted molar refractivity (Wildman–Crippen MR) is 108 cm³/mol. The van der Waals surface area contributed by atoms with E-state index >= 15 is 0 Å². The van der Waals surface area contributed by atoms with E-state index in [4.69, 9.17) is 0 Å². The van der Waals surface area contributed by atoms with Gasteiger partial charge in [-0.15, -0.1) is 12.4 Å². The molecule has 8 nitrogen and oxygen atoms in total. The number of anilines is 1. The number of aromatic nitrogens is 5. The van der Waals surface area contributed by atoms with Crippen molar-refractivity contribution in [1.29, 1.82) is 0 Å². The maximum atomic E-state index is 12.7. The van der Waals surface area contributed by atoms with Crippen LogP contribution in [-0.4, -0.2) is 43.5 Å². The van der Waals surface area contributed by atoms with E-state index in [1.807, 2.05) is 18.7 Å². The number of aryl methyl sites for hydroxylation is 1. The van der Waals surface area contributed by atoms with Crippen molar-refractivity contribution in [3.05, 3.63) is 23.3 Å². The first-order valence-electron chi connectivity index (χ1n) is 9.52. The summed E-state index contributed by atoms with van der Waals surface area (Å²) in [7, 11) is 1.81. The van der Waals surface area contributed by atoms with Crippen LogP contribution in [0.5, 0.6) is 0 Å². The molecular weight excluding hydrogens is 366 g/mol. The number of nitrogens with one attached hydrogen (secondary N) is 2. The number of rotatable bonds is 6. The lowest BCUT2D eigenvalue weighted by Crippen LogP contribution is -2.27. The van der Waals surface area contributed by atoms with E-state index in [9.17, 15) is 4.79 Å². The molecule has 3 heterocycles. The van der Waals surface area contributed by atoms with Gasteiger partial charge in [-0.3, -0.25) is 14.8 Å². The SMILES string of the molecule is CCC(CC)n1ncc(C(=O)Nc2nc(C3CCNCC3)nn2C)c1C.Cl. The highest BCUT2D eigenvalue weighted by atomic mass is 35.5. The highest BCUT2D eigenvalue weighted by Gasteiger charge is 2.23. The average Bonchev–Trinajstić information content (AvgIpc) is 3.21. The molecule has 1 amide bonds. The summed E-state index contributed by atoms with van der Waals surface area (Å²) < 4.78 is 3.60. The van der Waals surface area contributed by atoms with Gasteiger partial charge in [-0.05, 0) is 45.7 Å². The molecule has 1 saturated heterocycles. The van der Waals surface area contributed by atoms with Crippen molar-refractivity contribution in [2.75, 3.05) is 18.4 Å². The largest absolute Gasteiger partial charge is 0.317 e. The quantitative estimate of drug-likeness (QED) is 0.784. The van der Waals surface area contributed by atoms with Gasteiger partial charge in [0, 0.05) is 18.7 Å². The second-order valence-corrected chi connectivity index (χ2v) is 6.95. The monoisotopic (exact) mass is 395 g/mol. The number of halogens is 1. The standard InChI is InChI=1S/C18H29N7O.ClH/c1-5-14(6-2)25-12(3)15(11-20-25)17(26)22-18-21-16(23-24(18)4)13-7-9-19-10-8-13;/h11,13-14,19H,5-10H2,1-4H3,(H,21,22,23,26);1H. The smallest absolute Gasteiger partial charge is 0.261 e. The number of hydrogen-bond donors (Lipinski definition) is 2. The van der Waals surface area contributed by atoms with Gasteiger partial charge >= 0.3 is 0 Å². The Bertz CT molecular complexity index is 760. The Morgan fingerprint density at radius 2 is 2.00 bits per heavy atom. The summed E-state index contributed by atoms with van der Waals surface area (Å²) in [6.07, 6.45) is 5.68. The van der Waals surface area contributed by atoms with Crippen molar-refractivity contribution in [2.45, 2.75) is 58.4 Å². The molecule has 0 radical (unpaired) electrons. The van der Waals surface area contributed by atoms with Gasteiger partial charge in [0.25, 0.3) is 5.91 Å². The molecule has 0 atom stereocenters. The molecule has 1 fully saturated rings. The fraction of sp³-hybridized carbons (Fsp3) is 0.667. The normalized spacial score (nSPS) is 15.0. The Kier molecular flexibility index (Phi) is 7.38. The van der Waals surface area contributed by atoms with Crippen LogP contribution < -0.4 is 10.6 Å². The van der Waals surface area contributed by atoms with Gasteiger partial charge < -0.3 is 5.32 Å². The summed E-state index contributed by atoms with van der Waals surface area (Å²) >= 11 is 0. The van der Waals surface area contributed by atoms with Crippen LogP contribution in [0.1, 0.15) is 73.4 Å². The first-order valence-corrected chi connectivity index (χ1v) is 9.52. The molecule has 27 heavy (non-hydrogen) atoms. The topological polar surface area (TPSA) is 89.7 Å². The van der Waals surface area contributed by atoms with Gasteiger partial charge in [-0.25, -0.2) is 4.68 Å². The number of amides is 1. The van der Waals surface area contributed by atoms with Crippen molar-refractivity contribution in [3.63, 3.8) is 0 Å². The molecule has 1 aliphatic rings. The highest BCUT2D eigenvalue weighted by molar-refractivity contribution is 6.04. The van der Waals surface area contributed by atoms with Crippen LogP contribution in [0.4, 0.5) is 5.95 Å². The number of nitrogens with zero attached hydrogens (tertiary/aromatic N) is 5. The molecule has 0 saturated carbocycles. The number of carbonyl (C=O) groups is 1. The summed E-state index contributed by atoms with van der Waals surface area (Å²) in [5.41, 5.74) is 1.47. The lowest BCUT2D eigenvalue weighted by Gasteiger charge is -2.19. The summed E-state index contributed by atoms with van der Waals surface area (Å²) in [5, 5.41) is 15.2. The molecule has 0 aliphatic carbocycles. The molecule has 2 N–H and O–H groups in total. The van der Waals surface area contributed by atoms with E-state index < -0.39 is 0 Å². The van der Waals surface area contributed by atoms with Crippen LogP contribution in [0.2, 0.25) is 0 Å². The average molecular weight is 396 g/mol. The molecule has 150 valence electrons. The third kappa shape index (κ3) is 4.50. The first kappa shape index (κ1) is 21.4. The van der Waals surface area contributed by atoms with Gasteiger partial charge in [0.05, 0.1) is 17.8 Å². The summed E-state index contributed by atoms with van der Waals surface area (Å²) in [6.45, 7) is 8.18. The minimum Gasteiger partial charge on any atom is -0.317 e. The zero-order valence-corrected chi connectivity index (χ0v) is 17.3. The zero-order valence-electron chi connectivity index (χ0n) is 16.5. The van der Waals surface area contributed by atoms with Crippen LogP contribution in [0.25, 0.3) is 0 Å². The number of piperidine rings is 1. The van der Waals surface area contributed by atoms with Crippen LogP contribution in [0.15, 0.2) is 6.20 Å². The molecule has 2 aromatic rings. The van der Waals surface area contributed by atoms with Crippen molar-refractivity contribution in [3.8, 4) is 0 Å². The van der Waals surface area contributed by atoms with Gasteiger partial charge in [0.1, 0.15) is 0 Å². The Morgan fingerprint density at radius 3 is 2.63 bits per heavy atom. The molecule has 0 spiro atoms. The maximum absolute atomic E-state index is 12.7. The molecule has 1 aliphatic heterocycles. The Balaban J connectivity index is 0.00000261. The maximum Gasteiger partial charge on any atom is 0.261 e. The van der Waals surface area contributed by atoms with Crippen molar-refractivity contribution in [2.24, 2.45) is 7.05 Å². The lowest BCUT2D eigenvalue weighted by molar-refractivity contribution is 0.102. The zero-order chi connectivity index (χ0) is 18.7. The van der Waals surface area contributed by atoms with E-state index in [2.05, 4.69) is 39.7 Å². The summed E-state index contributed by atoms with van der Waals surface area (Å²) in [6, 6.07) is 0.317. The Hall–Kier alpha value is -1.93. The van der Waals surface area contributed by atoms with E-state index in [1.165, 1.54) is 0 Å². The second kappa shape index (κ2) is 9.32. The molecule has 9 heteroatoms. The second-order valence-electron chi connectivity index (χ2n) is 6.95. The van der Waals surface area contributed by atoms with Crippen molar-refractivity contribution in [1.82, 2.24) is 29.9 Å². The minimum atomic E-state index is -0.188. The van der Waals surface area contributed by atoms with Crippen LogP contribution in [0, 0.1) is 6.92 Å². The van der Waals surface area contributed by atoms with Crippen LogP contribution in [-0.2, 0) is 7.05 Å². The lowest BCUT2D eigenvalue weighted by atomic mass is 9.98. The van der Waals surface area contributed by atoms with Crippen LogP contribution in [0.3, 0.4) is 0 Å². The summed E-state index contributed by atoms with van der Waals surface area (Å²) in [4.78, 5) is 17.3. The number of carbonyl (C=O) groups excluding carboxylic acids is 1. The first-order chi connectivity index (χ1) is 12.5. The molecule has 0 aromatic carbocycles. The predicted octanol–water partition coefficient (Wildman–Crippen LogP) is 2.82. The van der Waals surface area contributed by atoms with Crippen molar-refractivity contribution >= 4 is 24.3 Å². The van der Waals surface area contributed by atoms with Crippen molar-refractivity contribution < 1.29 is 4.79 Å². The molecule has 0 bridgehead atoms. The molecule has 3 rings (SSSR count).